The van der Waals surface area contributed by atoms with Gasteiger partial charge in [-0.25, -0.2) is 9.97 Å². The molecule has 1 saturated heterocycles. The highest BCUT2D eigenvalue weighted by molar-refractivity contribution is 6.33. The topological polar surface area (TPSA) is 71.3 Å². The summed E-state index contributed by atoms with van der Waals surface area (Å²) in [6.07, 6.45) is -1.46. The van der Waals surface area contributed by atoms with Crippen LogP contribution in [0.25, 0.3) is 10.9 Å². The quantitative estimate of drug-likeness (QED) is 0.539. The molecule has 1 aliphatic heterocycles. The van der Waals surface area contributed by atoms with Gasteiger partial charge in [0.15, 0.2) is 0 Å². The van der Waals surface area contributed by atoms with Crippen LogP contribution < -0.4 is 10.5 Å². The van der Waals surface area contributed by atoms with Crippen molar-refractivity contribution < 1.29 is 18.0 Å². The normalized spacial score (nSPS) is 14.6. The van der Waals surface area contributed by atoms with E-state index in [1.54, 1.807) is 15.9 Å². The summed E-state index contributed by atoms with van der Waals surface area (Å²) in [5.41, 5.74) is 0.589. The van der Waals surface area contributed by atoms with Crippen molar-refractivity contribution in [1.82, 2.24) is 19.4 Å². The fourth-order valence-corrected chi connectivity index (χ4v) is 4.33. The van der Waals surface area contributed by atoms with Gasteiger partial charge in [0.2, 0.25) is 5.91 Å². The number of aromatic nitrogens is 3. The maximum atomic E-state index is 12.8. The Bertz CT molecular complexity index is 1270. The first-order valence-electron chi connectivity index (χ1n) is 10.9. The van der Waals surface area contributed by atoms with Crippen LogP contribution in [0.15, 0.2) is 41.6 Å². The highest BCUT2D eigenvalue weighted by Gasteiger charge is 2.32. The van der Waals surface area contributed by atoms with Crippen LogP contribution in [0.4, 0.5) is 19.0 Å². The third-order valence-corrected chi connectivity index (χ3v) is 6.20. The predicted molar refractivity (Wildman–Crippen MR) is 123 cm³/mol. The van der Waals surface area contributed by atoms with Crippen LogP contribution in [0.3, 0.4) is 0 Å². The number of anilines is 1. The summed E-state index contributed by atoms with van der Waals surface area (Å²) >= 11 is 6.03. The molecule has 1 aliphatic rings. The second kappa shape index (κ2) is 9.61. The second-order valence-electron chi connectivity index (χ2n) is 8.21. The Kier molecular flexibility index (Phi) is 6.79. The number of pyridine rings is 1. The van der Waals surface area contributed by atoms with Crippen LogP contribution in [0.1, 0.15) is 24.0 Å². The monoisotopic (exact) mass is 493 g/mol. The van der Waals surface area contributed by atoms with Crippen molar-refractivity contribution in [2.24, 2.45) is 0 Å². The lowest BCUT2D eigenvalue weighted by Gasteiger charge is -2.36. The molecule has 1 amide bonds. The van der Waals surface area contributed by atoms with Gasteiger partial charge in [-0.15, -0.1) is 0 Å². The van der Waals surface area contributed by atoms with Crippen molar-refractivity contribution in [2.45, 2.75) is 32.5 Å². The molecule has 0 atom stereocenters. The number of piperazine rings is 1. The van der Waals surface area contributed by atoms with E-state index in [1.807, 2.05) is 19.1 Å². The van der Waals surface area contributed by atoms with Crippen LogP contribution in [0.2, 0.25) is 5.02 Å². The number of halogens is 4. The summed E-state index contributed by atoms with van der Waals surface area (Å²) < 4.78 is 40.0. The highest BCUT2D eigenvalue weighted by Crippen LogP contribution is 2.33. The first-order chi connectivity index (χ1) is 16.1. The predicted octanol–water partition coefficient (Wildman–Crippen LogP) is 3.90. The molecule has 11 heteroatoms. The van der Waals surface area contributed by atoms with Gasteiger partial charge in [0.1, 0.15) is 5.82 Å². The molecular weight excluding hydrogens is 471 g/mol. The maximum absolute atomic E-state index is 12.8. The first-order valence-corrected chi connectivity index (χ1v) is 11.2. The van der Waals surface area contributed by atoms with Crippen molar-refractivity contribution in [3.05, 3.63) is 63.3 Å². The molecule has 0 N–H and O–H groups in total. The van der Waals surface area contributed by atoms with E-state index in [2.05, 4.69) is 9.97 Å². The van der Waals surface area contributed by atoms with Crippen molar-refractivity contribution in [3.63, 3.8) is 0 Å². The van der Waals surface area contributed by atoms with Crippen molar-refractivity contribution in [1.29, 1.82) is 0 Å². The van der Waals surface area contributed by atoms with Crippen LogP contribution in [0.5, 0.6) is 0 Å². The zero-order chi connectivity index (χ0) is 24.5. The largest absolute Gasteiger partial charge is 0.417 e. The molecule has 0 radical (unpaired) electrons. The van der Waals surface area contributed by atoms with Gasteiger partial charge in [-0.3, -0.25) is 14.2 Å². The number of para-hydroxylation sites is 1. The zero-order valence-electron chi connectivity index (χ0n) is 18.5. The van der Waals surface area contributed by atoms with Crippen LogP contribution in [0, 0.1) is 6.92 Å². The van der Waals surface area contributed by atoms with E-state index in [0.29, 0.717) is 50.0 Å². The van der Waals surface area contributed by atoms with Crippen molar-refractivity contribution in [3.8, 4) is 0 Å². The molecule has 1 aromatic carbocycles. The number of hydrogen-bond donors (Lipinski definition) is 0. The van der Waals surface area contributed by atoms with Crippen LogP contribution in [-0.2, 0) is 17.5 Å². The fraction of sp³-hybridized carbons (Fsp3) is 0.391. The van der Waals surface area contributed by atoms with E-state index in [4.69, 9.17) is 11.6 Å². The Hall–Kier alpha value is -3.14. The highest BCUT2D eigenvalue weighted by atomic mass is 35.5. The number of amides is 1. The molecule has 3 aromatic rings. The number of benzene rings is 1. The molecule has 4 rings (SSSR count). The lowest BCUT2D eigenvalue weighted by Crippen LogP contribution is -2.49. The molecule has 0 saturated carbocycles. The van der Waals surface area contributed by atoms with E-state index in [1.165, 1.54) is 10.9 Å². The molecule has 0 aliphatic carbocycles. The zero-order valence-corrected chi connectivity index (χ0v) is 19.2. The molecule has 0 unspecified atom stereocenters. The van der Waals surface area contributed by atoms with Gasteiger partial charge in [-0.1, -0.05) is 23.7 Å². The molecule has 7 nitrogen and oxygen atoms in total. The van der Waals surface area contributed by atoms with Gasteiger partial charge in [0, 0.05) is 45.3 Å². The molecule has 0 bridgehead atoms. The Morgan fingerprint density at radius 2 is 1.88 bits per heavy atom. The van der Waals surface area contributed by atoms with Gasteiger partial charge in [0.05, 0.1) is 27.8 Å². The number of carbonyl (C=O) groups excluding carboxylic acids is 1. The Morgan fingerprint density at radius 1 is 1.15 bits per heavy atom. The average Bonchev–Trinajstić information content (AvgIpc) is 2.80. The summed E-state index contributed by atoms with van der Waals surface area (Å²) in [5.74, 6) is 0.240. The molecule has 34 heavy (non-hydrogen) atoms. The number of carbonyl (C=O) groups is 1. The summed E-state index contributed by atoms with van der Waals surface area (Å²) in [4.78, 5) is 37.1. The van der Waals surface area contributed by atoms with Crippen LogP contribution in [-0.4, -0.2) is 51.5 Å². The fourth-order valence-electron chi connectivity index (χ4n) is 4.04. The maximum Gasteiger partial charge on any atom is 0.417 e. The molecular formula is C23H23ClF3N5O2. The van der Waals surface area contributed by atoms with Gasteiger partial charge < -0.3 is 9.80 Å². The third-order valence-electron chi connectivity index (χ3n) is 5.93. The Morgan fingerprint density at radius 3 is 2.56 bits per heavy atom. The summed E-state index contributed by atoms with van der Waals surface area (Å²) in [7, 11) is 0. The smallest absolute Gasteiger partial charge is 0.352 e. The number of rotatable bonds is 5. The molecule has 3 heterocycles. The van der Waals surface area contributed by atoms with E-state index in [-0.39, 0.29) is 28.7 Å². The average molecular weight is 494 g/mol. The summed E-state index contributed by atoms with van der Waals surface area (Å²) in [6.45, 7) is 3.93. The van der Waals surface area contributed by atoms with Gasteiger partial charge in [-0.05, 0) is 31.0 Å². The van der Waals surface area contributed by atoms with E-state index >= 15 is 0 Å². The minimum atomic E-state index is -4.51. The summed E-state index contributed by atoms with van der Waals surface area (Å²) in [6, 6.07) is 6.34. The lowest BCUT2D eigenvalue weighted by atomic mass is 10.1. The molecule has 180 valence electrons. The standard InChI is InChI=1S/C23H23ClF3N5O2/c1-15-4-2-5-17-20(15)29-14-32(22(17)34)7-3-6-19(33)30-8-10-31(11-9-30)21-18(24)12-16(13-28-21)23(25,26)27/h2,4-5,12-14H,3,6-11H2,1H3. The van der Waals surface area contributed by atoms with E-state index in [0.717, 1.165) is 17.8 Å². The van der Waals surface area contributed by atoms with Crippen molar-refractivity contribution >= 4 is 34.2 Å². The van der Waals surface area contributed by atoms with Crippen LogP contribution >= 0.6 is 11.6 Å². The molecule has 0 spiro atoms. The number of nitrogens with zero attached hydrogens (tertiary/aromatic N) is 5. The minimum Gasteiger partial charge on any atom is -0.352 e. The van der Waals surface area contributed by atoms with E-state index in [9.17, 15) is 22.8 Å². The number of fused-ring (bicyclic) bond motifs is 1. The van der Waals surface area contributed by atoms with Crippen molar-refractivity contribution in [2.75, 3.05) is 31.1 Å². The lowest BCUT2D eigenvalue weighted by molar-refractivity contribution is -0.137. The van der Waals surface area contributed by atoms with E-state index < -0.39 is 11.7 Å². The summed E-state index contributed by atoms with van der Waals surface area (Å²) in [5, 5.41) is 0.486. The number of aryl methyl sites for hydroxylation is 2. The number of hydrogen-bond acceptors (Lipinski definition) is 5. The first kappa shape index (κ1) is 24.0. The Labute approximate surface area is 198 Å². The minimum absolute atomic E-state index is 0.0382. The second-order valence-corrected chi connectivity index (χ2v) is 8.62. The SMILES string of the molecule is Cc1cccc2c(=O)n(CCCC(=O)N3CCN(c4ncc(C(F)(F)F)cc4Cl)CC3)cnc12. The van der Waals surface area contributed by atoms with Gasteiger partial charge >= 0.3 is 6.18 Å². The molecule has 2 aromatic heterocycles. The number of alkyl halides is 3. The van der Waals surface area contributed by atoms with Gasteiger partial charge in [-0.2, -0.15) is 13.2 Å². The Balaban J connectivity index is 1.30. The molecule has 1 fully saturated rings. The third kappa shape index (κ3) is 5.01. The van der Waals surface area contributed by atoms with Gasteiger partial charge in [0.25, 0.3) is 5.56 Å².